The summed E-state index contributed by atoms with van der Waals surface area (Å²) in [6.45, 7) is 5.88. The molecule has 0 heterocycles. The van der Waals surface area contributed by atoms with Gasteiger partial charge in [-0.3, -0.25) is 0 Å². The highest BCUT2D eigenvalue weighted by atomic mass is 16.3. The molecule has 2 aliphatic carbocycles. The highest BCUT2D eigenvalue weighted by Crippen LogP contribution is 2.28. The maximum Gasteiger partial charge on any atom is 0.0611 e. The average Bonchev–Trinajstić information content (AvgIpc) is 3.21. The van der Waals surface area contributed by atoms with Crippen LogP contribution < -0.4 is 5.32 Å². The van der Waals surface area contributed by atoms with Crippen molar-refractivity contribution in [2.75, 3.05) is 20.2 Å². The molecular formula is C16H32N2O. The van der Waals surface area contributed by atoms with Crippen molar-refractivity contribution in [3.8, 4) is 0 Å². The fourth-order valence-electron chi connectivity index (χ4n) is 3.21. The first-order chi connectivity index (χ1) is 9.02. The van der Waals surface area contributed by atoms with E-state index < -0.39 is 0 Å². The van der Waals surface area contributed by atoms with Crippen molar-refractivity contribution in [2.24, 2.45) is 5.92 Å². The van der Waals surface area contributed by atoms with Gasteiger partial charge in [-0.1, -0.05) is 6.92 Å². The quantitative estimate of drug-likeness (QED) is 0.744. The van der Waals surface area contributed by atoms with Crippen molar-refractivity contribution in [1.82, 2.24) is 10.2 Å². The van der Waals surface area contributed by atoms with Crippen molar-refractivity contribution in [2.45, 2.75) is 76.4 Å². The molecule has 0 aromatic rings. The number of nitrogens with zero attached hydrogens (tertiary/aromatic N) is 1. The monoisotopic (exact) mass is 268 g/mol. The molecule has 112 valence electrons. The Kier molecular flexibility index (Phi) is 5.27. The van der Waals surface area contributed by atoms with Crippen LogP contribution in [0, 0.1) is 5.92 Å². The fraction of sp³-hybridized carbons (Fsp3) is 1.00. The number of hydrogen-bond acceptors (Lipinski definition) is 3. The van der Waals surface area contributed by atoms with Crippen LogP contribution in [0.1, 0.15) is 58.8 Å². The lowest BCUT2D eigenvalue weighted by Gasteiger charge is -2.36. The van der Waals surface area contributed by atoms with E-state index in [1.165, 1.54) is 38.5 Å². The molecule has 0 bridgehead atoms. The van der Waals surface area contributed by atoms with Gasteiger partial charge in [-0.2, -0.15) is 0 Å². The van der Waals surface area contributed by atoms with Crippen molar-refractivity contribution >= 4 is 0 Å². The maximum atomic E-state index is 9.64. The highest BCUT2D eigenvalue weighted by molar-refractivity contribution is 4.93. The van der Waals surface area contributed by atoms with Crippen LogP contribution in [-0.4, -0.2) is 47.8 Å². The summed E-state index contributed by atoms with van der Waals surface area (Å²) in [5, 5.41) is 13.2. The fourth-order valence-corrected chi connectivity index (χ4v) is 3.21. The predicted octanol–water partition coefficient (Wildman–Crippen LogP) is 2.39. The van der Waals surface area contributed by atoms with Crippen LogP contribution in [0.2, 0.25) is 0 Å². The molecular weight excluding hydrogens is 236 g/mol. The second-order valence-corrected chi connectivity index (χ2v) is 7.28. The Bertz CT molecular complexity index is 272. The van der Waals surface area contributed by atoms with E-state index in [0.29, 0.717) is 6.04 Å². The normalized spacial score (nSPS) is 31.4. The molecule has 19 heavy (non-hydrogen) atoms. The molecule has 0 saturated heterocycles. The lowest BCUT2D eigenvalue weighted by atomic mass is 9.86. The molecule has 0 radical (unpaired) electrons. The van der Waals surface area contributed by atoms with Gasteiger partial charge in [0.05, 0.1) is 6.61 Å². The molecule has 1 unspecified atom stereocenters. The summed E-state index contributed by atoms with van der Waals surface area (Å²) < 4.78 is 0. The molecule has 2 aliphatic rings. The van der Waals surface area contributed by atoms with Gasteiger partial charge in [-0.15, -0.1) is 0 Å². The molecule has 2 saturated carbocycles. The van der Waals surface area contributed by atoms with E-state index in [-0.39, 0.29) is 12.1 Å². The zero-order chi connectivity index (χ0) is 13.9. The van der Waals surface area contributed by atoms with E-state index in [1.54, 1.807) is 0 Å². The number of rotatable bonds is 7. The summed E-state index contributed by atoms with van der Waals surface area (Å²) in [6, 6.07) is 1.43. The third-order valence-corrected chi connectivity index (χ3v) is 5.10. The molecule has 2 N–H and O–H groups in total. The van der Waals surface area contributed by atoms with E-state index >= 15 is 0 Å². The van der Waals surface area contributed by atoms with Gasteiger partial charge < -0.3 is 15.3 Å². The third-order valence-electron chi connectivity index (χ3n) is 5.10. The Morgan fingerprint density at radius 1 is 1.16 bits per heavy atom. The van der Waals surface area contributed by atoms with E-state index in [0.717, 1.165) is 24.9 Å². The van der Waals surface area contributed by atoms with Crippen molar-refractivity contribution in [3.05, 3.63) is 0 Å². The zero-order valence-electron chi connectivity index (χ0n) is 13.0. The van der Waals surface area contributed by atoms with Crippen molar-refractivity contribution in [1.29, 1.82) is 0 Å². The lowest BCUT2D eigenvalue weighted by Crippen LogP contribution is -2.49. The summed E-state index contributed by atoms with van der Waals surface area (Å²) in [5.74, 6) is 0.920. The second-order valence-electron chi connectivity index (χ2n) is 7.28. The molecule has 2 rings (SSSR count). The zero-order valence-corrected chi connectivity index (χ0v) is 13.0. The molecule has 0 amide bonds. The molecule has 1 atom stereocenters. The maximum absolute atomic E-state index is 9.64. The third kappa shape index (κ3) is 4.73. The van der Waals surface area contributed by atoms with Crippen LogP contribution >= 0.6 is 0 Å². The highest BCUT2D eigenvalue weighted by Gasteiger charge is 2.32. The smallest absolute Gasteiger partial charge is 0.0611 e. The van der Waals surface area contributed by atoms with E-state index in [4.69, 9.17) is 0 Å². The Morgan fingerprint density at radius 3 is 2.32 bits per heavy atom. The number of nitrogens with one attached hydrogen (secondary N) is 1. The minimum atomic E-state index is -0.0859. The van der Waals surface area contributed by atoms with Gasteiger partial charge in [0.1, 0.15) is 0 Å². The summed E-state index contributed by atoms with van der Waals surface area (Å²) in [5.41, 5.74) is -0.0859. The topological polar surface area (TPSA) is 35.5 Å². The molecule has 0 aromatic heterocycles. The van der Waals surface area contributed by atoms with Crippen molar-refractivity contribution in [3.63, 3.8) is 0 Å². The van der Waals surface area contributed by atoms with E-state index in [2.05, 4.69) is 31.1 Å². The van der Waals surface area contributed by atoms with Crippen LogP contribution in [0.4, 0.5) is 0 Å². The summed E-state index contributed by atoms with van der Waals surface area (Å²) in [6.07, 6.45) is 9.08. The predicted molar refractivity (Wildman–Crippen MR) is 80.3 cm³/mol. The van der Waals surface area contributed by atoms with Crippen LogP contribution in [-0.2, 0) is 0 Å². The van der Waals surface area contributed by atoms with Crippen LogP contribution in [0.25, 0.3) is 0 Å². The standard InChI is InChI=1S/C16H32N2O/c1-13-4-8-15(9-5-13)18(3)11-10-16(2,12-19)17-14-6-7-14/h13-15,17,19H,4-12H2,1-3H3. The van der Waals surface area contributed by atoms with Gasteiger partial charge >= 0.3 is 0 Å². The molecule has 0 spiro atoms. The Labute approximate surface area is 118 Å². The average molecular weight is 268 g/mol. The molecule has 3 nitrogen and oxygen atoms in total. The van der Waals surface area contributed by atoms with Gasteiger partial charge in [0, 0.05) is 17.6 Å². The van der Waals surface area contributed by atoms with Crippen LogP contribution in [0.5, 0.6) is 0 Å². The molecule has 3 heteroatoms. The largest absolute Gasteiger partial charge is 0.394 e. The number of hydrogen-bond donors (Lipinski definition) is 2. The van der Waals surface area contributed by atoms with Crippen molar-refractivity contribution < 1.29 is 5.11 Å². The Hall–Kier alpha value is -0.120. The van der Waals surface area contributed by atoms with Gasteiger partial charge in [-0.05, 0) is 71.4 Å². The lowest BCUT2D eigenvalue weighted by molar-refractivity contribution is 0.122. The van der Waals surface area contributed by atoms with Gasteiger partial charge in [0.15, 0.2) is 0 Å². The van der Waals surface area contributed by atoms with Crippen LogP contribution in [0.3, 0.4) is 0 Å². The van der Waals surface area contributed by atoms with E-state index in [9.17, 15) is 5.11 Å². The van der Waals surface area contributed by atoms with Gasteiger partial charge in [0.2, 0.25) is 0 Å². The Balaban J connectivity index is 1.73. The first-order valence-corrected chi connectivity index (χ1v) is 8.11. The first-order valence-electron chi connectivity index (χ1n) is 8.11. The van der Waals surface area contributed by atoms with Gasteiger partial charge in [0.25, 0.3) is 0 Å². The number of aliphatic hydroxyl groups excluding tert-OH is 1. The summed E-state index contributed by atoms with van der Waals surface area (Å²) >= 11 is 0. The molecule has 0 aliphatic heterocycles. The first kappa shape index (κ1) is 15.3. The molecule has 0 aromatic carbocycles. The minimum Gasteiger partial charge on any atom is -0.394 e. The number of aliphatic hydroxyl groups is 1. The van der Waals surface area contributed by atoms with Crippen LogP contribution in [0.15, 0.2) is 0 Å². The summed E-state index contributed by atoms with van der Waals surface area (Å²) in [4.78, 5) is 2.52. The van der Waals surface area contributed by atoms with Gasteiger partial charge in [-0.25, -0.2) is 0 Å². The summed E-state index contributed by atoms with van der Waals surface area (Å²) in [7, 11) is 2.26. The molecule has 2 fully saturated rings. The SMILES string of the molecule is CC1CCC(N(C)CCC(C)(CO)NC2CC2)CC1. The minimum absolute atomic E-state index is 0.0859. The second kappa shape index (κ2) is 6.55. The van der Waals surface area contributed by atoms with E-state index in [1.807, 2.05) is 0 Å². The Morgan fingerprint density at radius 2 is 1.79 bits per heavy atom.